The minimum atomic E-state index is -0.0852. The van der Waals surface area contributed by atoms with Gasteiger partial charge in [-0.2, -0.15) is 0 Å². The quantitative estimate of drug-likeness (QED) is 0.662. The highest BCUT2D eigenvalue weighted by molar-refractivity contribution is 6.13. The standard InChI is InChI=1S/C14H17N3O2/c1-4-5-11(18)10-6-15-13-12(10)14(17-8-16-13)19-7-9(2)3/h4-6,8-9H,7H2,1-3H3,(H,15,16,17). The van der Waals surface area contributed by atoms with Crippen molar-refractivity contribution in [3.8, 4) is 5.88 Å². The highest BCUT2D eigenvalue weighted by Gasteiger charge is 2.16. The van der Waals surface area contributed by atoms with Crippen LogP contribution in [0.5, 0.6) is 5.88 Å². The maximum absolute atomic E-state index is 12.0. The number of aromatic nitrogens is 3. The van der Waals surface area contributed by atoms with Gasteiger partial charge in [0.25, 0.3) is 0 Å². The number of nitrogens with one attached hydrogen (secondary N) is 1. The molecule has 0 amide bonds. The number of hydrogen-bond acceptors (Lipinski definition) is 4. The fourth-order valence-corrected chi connectivity index (χ4v) is 1.72. The Morgan fingerprint density at radius 1 is 1.47 bits per heavy atom. The van der Waals surface area contributed by atoms with E-state index in [1.807, 2.05) is 0 Å². The third kappa shape index (κ3) is 2.81. The van der Waals surface area contributed by atoms with E-state index in [0.717, 1.165) is 0 Å². The number of rotatable bonds is 5. The van der Waals surface area contributed by atoms with Crippen LogP contribution in [0.3, 0.4) is 0 Å². The van der Waals surface area contributed by atoms with E-state index in [1.165, 1.54) is 12.4 Å². The number of carbonyl (C=O) groups is 1. The summed E-state index contributed by atoms with van der Waals surface area (Å²) >= 11 is 0. The zero-order chi connectivity index (χ0) is 13.8. The van der Waals surface area contributed by atoms with Crippen LogP contribution in [0.25, 0.3) is 11.0 Å². The van der Waals surface area contributed by atoms with Crippen LogP contribution in [0.15, 0.2) is 24.7 Å². The number of nitrogens with zero attached hydrogens (tertiary/aromatic N) is 2. The molecule has 0 unspecified atom stereocenters. The Labute approximate surface area is 111 Å². The largest absolute Gasteiger partial charge is 0.477 e. The summed E-state index contributed by atoms with van der Waals surface area (Å²) in [6.45, 7) is 6.47. The molecule has 5 nitrogen and oxygen atoms in total. The van der Waals surface area contributed by atoms with Gasteiger partial charge in [-0.05, 0) is 18.9 Å². The number of allylic oxidation sites excluding steroid dienone is 2. The van der Waals surface area contributed by atoms with Gasteiger partial charge in [-0.25, -0.2) is 9.97 Å². The Balaban J connectivity index is 2.46. The average Bonchev–Trinajstić information content (AvgIpc) is 2.81. The van der Waals surface area contributed by atoms with E-state index in [9.17, 15) is 4.79 Å². The number of ketones is 1. The number of aromatic amines is 1. The normalized spacial score (nSPS) is 11.6. The Morgan fingerprint density at radius 3 is 2.95 bits per heavy atom. The Bertz CT molecular complexity index is 614. The summed E-state index contributed by atoms with van der Waals surface area (Å²) in [7, 11) is 0. The molecular formula is C14H17N3O2. The predicted octanol–water partition coefficient (Wildman–Crippen LogP) is 2.75. The molecule has 0 aliphatic carbocycles. The maximum Gasteiger partial charge on any atom is 0.226 e. The van der Waals surface area contributed by atoms with Gasteiger partial charge in [0, 0.05) is 6.20 Å². The summed E-state index contributed by atoms with van der Waals surface area (Å²) in [4.78, 5) is 23.2. The second-order valence-corrected chi connectivity index (χ2v) is 4.67. The van der Waals surface area contributed by atoms with E-state index in [2.05, 4.69) is 28.8 Å². The van der Waals surface area contributed by atoms with Gasteiger partial charge >= 0.3 is 0 Å². The van der Waals surface area contributed by atoms with Gasteiger partial charge < -0.3 is 9.72 Å². The molecule has 0 aliphatic rings. The highest BCUT2D eigenvalue weighted by Crippen LogP contribution is 2.26. The van der Waals surface area contributed by atoms with Crippen LogP contribution in [-0.4, -0.2) is 27.3 Å². The Kier molecular flexibility index (Phi) is 3.94. The summed E-state index contributed by atoms with van der Waals surface area (Å²) in [5.41, 5.74) is 1.15. The Hall–Kier alpha value is -2.17. The van der Waals surface area contributed by atoms with Gasteiger partial charge in [-0.15, -0.1) is 0 Å². The molecule has 0 atom stereocenters. The lowest BCUT2D eigenvalue weighted by Crippen LogP contribution is -2.07. The zero-order valence-corrected chi connectivity index (χ0v) is 11.3. The summed E-state index contributed by atoms with van der Waals surface area (Å²) < 4.78 is 5.66. The minimum Gasteiger partial charge on any atom is -0.477 e. The van der Waals surface area contributed by atoms with Crippen LogP contribution in [0.2, 0.25) is 0 Å². The molecule has 0 aromatic carbocycles. The molecule has 5 heteroatoms. The van der Waals surface area contributed by atoms with Crippen molar-refractivity contribution in [2.45, 2.75) is 20.8 Å². The van der Waals surface area contributed by atoms with Gasteiger partial charge in [-0.3, -0.25) is 4.79 Å². The van der Waals surface area contributed by atoms with Gasteiger partial charge in [0.2, 0.25) is 5.88 Å². The zero-order valence-electron chi connectivity index (χ0n) is 11.3. The fourth-order valence-electron chi connectivity index (χ4n) is 1.72. The molecule has 0 saturated heterocycles. The van der Waals surface area contributed by atoms with Crippen LogP contribution >= 0.6 is 0 Å². The molecule has 19 heavy (non-hydrogen) atoms. The molecule has 0 bridgehead atoms. The molecule has 0 saturated carbocycles. The van der Waals surface area contributed by atoms with Crippen molar-refractivity contribution < 1.29 is 9.53 Å². The van der Waals surface area contributed by atoms with E-state index in [-0.39, 0.29) is 5.78 Å². The van der Waals surface area contributed by atoms with E-state index in [1.54, 1.807) is 19.2 Å². The SMILES string of the molecule is CC=CC(=O)c1c[nH]c2ncnc(OCC(C)C)c12. The first kappa shape index (κ1) is 13.3. The molecule has 0 radical (unpaired) electrons. The topological polar surface area (TPSA) is 67.9 Å². The molecule has 100 valence electrons. The summed E-state index contributed by atoms with van der Waals surface area (Å²) in [6.07, 6.45) is 6.30. The lowest BCUT2D eigenvalue weighted by molar-refractivity contribution is 0.104. The van der Waals surface area contributed by atoms with E-state index in [0.29, 0.717) is 35.0 Å². The van der Waals surface area contributed by atoms with Crippen LogP contribution < -0.4 is 4.74 Å². The molecule has 2 rings (SSSR count). The monoisotopic (exact) mass is 259 g/mol. The summed E-state index contributed by atoms with van der Waals surface area (Å²) in [5, 5.41) is 0.645. The number of fused-ring (bicyclic) bond motifs is 1. The third-order valence-corrected chi connectivity index (χ3v) is 2.57. The summed E-state index contributed by atoms with van der Waals surface area (Å²) in [6, 6.07) is 0. The number of carbonyl (C=O) groups excluding carboxylic acids is 1. The lowest BCUT2D eigenvalue weighted by Gasteiger charge is -2.08. The van der Waals surface area contributed by atoms with Crippen LogP contribution in [0.4, 0.5) is 0 Å². The molecule has 0 fully saturated rings. The molecule has 2 heterocycles. The van der Waals surface area contributed by atoms with Crippen LogP contribution in [0.1, 0.15) is 31.1 Å². The number of H-pyrrole nitrogens is 1. The van der Waals surface area contributed by atoms with Crippen molar-refractivity contribution in [2.24, 2.45) is 5.92 Å². The van der Waals surface area contributed by atoms with Gasteiger partial charge in [0.1, 0.15) is 12.0 Å². The lowest BCUT2D eigenvalue weighted by atomic mass is 10.1. The number of hydrogen-bond donors (Lipinski definition) is 1. The van der Waals surface area contributed by atoms with Crippen LogP contribution in [-0.2, 0) is 0 Å². The van der Waals surface area contributed by atoms with Crippen molar-refractivity contribution in [3.63, 3.8) is 0 Å². The first-order chi connectivity index (χ1) is 9.13. The third-order valence-electron chi connectivity index (χ3n) is 2.57. The fraction of sp³-hybridized carbons (Fsp3) is 0.357. The van der Waals surface area contributed by atoms with E-state index in [4.69, 9.17) is 4.74 Å². The smallest absolute Gasteiger partial charge is 0.226 e. The van der Waals surface area contributed by atoms with Crippen molar-refractivity contribution in [1.82, 2.24) is 15.0 Å². The molecule has 0 aliphatic heterocycles. The van der Waals surface area contributed by atoms with Crippen molar-refractivity contribution in [2.75, 3.05) is 6.61 Å². The second-order valence-electron chi connectivity index (χ2n) is 4.67. The number of ether oxygens (including phenoxy) is 1. The molecular weight excluding hydrogens is 242 g/mol. The molecule has 0 spiro atoms. The van der Waals surface area contributed by atoms with E-state index < -0.39 is 0 Å². The second kappa shape index (κ2) is 5.65. The van der Waals surface area contributed by atoms with Crippen molar-refractivity contribution >= 4 is 16.8 Å². The van der Waals surface area contributed by atoms with Crippen molar-refractivity contribution in [3.05, 3.63) is 30.2 Å². The summed E-state index contributed by atoms with van der Waals surface area (Å²) in [5.74, 6) is 0.754. The molecule has 2 aromatic rings. The van der Waals surface area contributed by atoms with E-state index >= 15 is 0 Å². The Morgan fingerprint density at radius 2 is 2.26 bits per heavy atom. The molecule has 2 aromatic heterocycles. The molecule has 1 N–H and O–H groups in total. The van der Waals surface area contributed by atoms with Crippen LogP contribution in [0, 0.1) is 5.92 Å². The first-order valence-corrected chi connectivity index (χ1v) is 6.25. The first-order valence-electron chi connectivity index (χ1n) is 6.25. The predicted molar refractivity (Wildman–Crippen MR) is 73.4 cm³/mol. The minimum absolute atomic E-state index is 0.0852. The highest BCUT2D eigenvalue weighted by atomic mass is 16.5. The van der Waals surface area contributed by atoms with Gasteiger partial charge in [0.15, 0.2) is 5.78 Å². The van der Waals surface area contributed by atoms with Gasteiger partial charge in [-0.1, -0.05) is 19.9 Å². The van der Waals surface area contributed by atoms with Gasteiger partial charge in [0.05, 0.1) is 17.6 Å². The maximum atomic E-state index is 12.0. The van der Waals surface area contributed by atoms with Crippen molar-refractivity contribution in [1.29, 1.82) is 0 Å². The average molecular weight is 259 g/mol.